The molecule has 0 aliphatic heterocycles. The minimum Gasteiger partial charge on any atom is -0.358 e. The molecule has 2 rings (SSSR count). The molecule has 2 aromatic rings. The van der Waals surface area contributed by atoms with Crippen molar-refractivity contribution in [3.8, 4) is 0 Å². The summed E-state index contributed by atoms with van der Waals surface area (Å²) in [5, 5.41) is 2.70. The van der Waals surface area contributed by atoms with Crippen LogP contribution in [-0.2, 0) is 4.79 Å². The Kier molecular flexibility index (Phi) is 3.50. The van der Waals surface area contributed by atoms with Crippen LogP contribution in [0.1, 0.15) is 17.0 Å². The second-order valence-corrected chi connectivity index (χ2v) is 3.74. The molecule has 0 saturated carbocycles. The molecule has 1 amide bonds. The Morgan fingerprint density at radius 1 is 1.12 bits per heavy atom. The van der Waals surface area contributed by atoms with Crippen LogP contribution < -0.4 is 5.32 Å². The zero-order valence-corrected chi connectivity index (χ0v) is 9.63. The molecule has 1 heterocycles. The average Bonchev–Trinajstić information content (AvgIpc) is 2.41. The Labute approximate surface area is 101 Å². The summed E-state index contributed by atoms with van der Waals surface area (Å²) >= 11 is 0. The number of carbonyl (C=O) groups excluding carboxylic acids is 1. The molecule has 86 valence electrons. The number of nitrogens with zero attached hydrogens (tertiary/aromatic N) is 1. The molecular formula is C14H14N2O. The van der Waals surface area contributed by atoms with Gasteiger partial charge in [-0.3, -0.25) is 9.78 Å². The fraction of sp³-hybridized carbons (Fsp3) is 0.143. The minimum atomic E-state index is -0.296. The SMILES string of the molecule is CNC(=O)C(c1ccccc1)c1cccnc1. The number of pyridine rings is 1. The lowest BCUT2D eigenvalue weighted by Gasteiger charge is -2.15. The van der Waals surface area contributed by atoms with Gasteiger partial charge in [0.2, 0.25) is 5.91 Å². The molecule has 0 bridgehead atoms. The molecule has 17 heavy (non-hydrogen) atoms. The van der Waals surface area contributed by atoms with E-state index in [1.807, 2.05) is 42.5 Å². The van der Waals surface area contributed by atoms with Crippen LogP contribution in [0.4, 0.5) is 0 Å². The molecule has 0 aliphatic rings. The number of carbonyl (C=O) groups is 1. The van der Waals surface area contributed by atoms with E-state index in [4.69, 9.17) is 0 Å². The number of benzene rings is 1. The van der Waals surface area contributed by atoms with Crippen molar-refractivity contribution in [3.05, 3.63) is 66.0 Å². The number of amides is 1. The van der Waals surface area contributed by atoms with Crippen LogP contribution in [0.15, 0.2) is 54.9 Å². The Morgan fingerprint density at radius 3 is 2.41 bits per heavy atom. The van der Waals surface area contributed by atoms with Crippen molar-refractivity contribution in [2.75, 3.05) is 7.05 Å². The second-order valence-electron chi connectivity index (χ2n) is 3.74. The number of hydrogen-bond donors (Lipinski definition) is 1. The molecule has 3 heteroatoms. The summed E-state index contributed by atoms with van der Waals surface area (Å²) in [5.41, 5.74) is 1.87. The molecule has 0 saturated heterocycles. The molecular weight excluding hydrogens is 212 g/mol. The molecule has 0 radical (unpaired) electrons. The largest absolute Gasteiger partial charge is 0.358 e. The summed E-state index contributed by atoms with van der Waals surface area (Å²) < 4.78 is 0. The number of likely N-dealkylation sites (N-methyl/N-ethyl adjacent to an activating group) is 1. The van der Waals surface area contributed by atoms with Crippen LogP contribution in [0.25, 0.3) is 0 Å². The minimum absolute atomic E-state index is 0.0239. The van der Waals surface area contributed by atoms with Crippen LogP contribution in [0.3, 0.4) is 0 Å². The summed E-state index contributed by atoms with van der Waals surface area (Å²) in [6, 6.07) is 13.5. The van der Waals surface area contributed by atoms with Gasteiger partial charge in [0.1, 0.15) is 0 Å². The smallest absolute Gasteiger partial charge is 0.231 e. The van der Waals surface area contributed by atoms with Gasteiger partial charge in [0.25, 0.3) is 0 Å². The van der Waals surface area contributed by atoms with Crippen LogP contribution in [0, 0.1) is 0 Å². The number of rotatable bonds is 3. The molecule has 0 aliphatic carbocycles. The molecule has 1 N–H and O–H groups in total. The zero-order valence-electron chi connectivity index (χ0n) is 9.63. The highest BCUT2D eigenvalue weighted by molar-refractivity contribution is 5.86. The van der Waals surface area contributed by atoms with Crippen LogP contribution >= 0.6 is 0 Å². The summed E-state index contributed by atoms with van der Waals surface area (Å²) in [5.74, 6) is -0.320. The van der Waals surface area contributed by atoms with Crippen LogP contribution in [-0.4, -0.2) is 17.9 Å². The van der Waals surface area contributed by atoms with Gasteiger partial charge in [-0.1, -0.05) is 36.4 Å². The Hall–Kier alpha value is -2.16. The molecule has 1 aromatic heterocycles. The van der Waals surface area contributed by atoms with E-state index < -0.39 is 0 Å². The van der Waals surface area contributed by atoms with Crippen molar-refractivity contribution in [2.45, 2.75) is 5.92 Å². The topological polar surface area (TPSA) is 42.0 Å². The van der Waals surface area contributed by atoms with E-state index >= 15 is 0 Å². The van der Waals surface area contributed by atoms with Gasteiger partial charge in [-0.2, -0.15) is 0 Å². The van der Waals surface area contributed by atoms with Crippen molar-refractivity contribution >= 4 is 5.91 Å². The highest BCUT2D eigenvalue weighted by Gasteiger charge is 2.21. The summed E-state index contributed by atoms with van der Waals surface area (Å²) in [6.45, 7) is 0. The third-order valence-electron chi connectivity index (χ3n) is 2.66. The summed E-state index contributed by atoms with van der Waals surface area (Å²) in [7, 11) is 1.65. The van der Waals surface area contributed by atoms with Gasteiger partial charge < -0.3 is 5.32 Å². The van der Waals surface area contributed by atoms with E-state index in [0.29, 0.717) is 0 Å². The average molecular weight is 226 g/mol. The predicted molar refractivity (Wildman–Crippen MR) is 66.6 cm³/mol. The first-order chi connectivity index (χ1) is 8.33. The van der Waals surface area contributed by atoms with Gasteiger partial charge >= 0.3 is 0 Å². The van der Waals surface area contributed by atoms with Crippen molar-refractivity contribution in [1.29, 1.82) is 0 Å². The Bertz CT molecular complexity index is 443. The molecule has 1 unspecified atom stereocenters. The van der Waals surface area contributed by atoms with Crippen LogP contribution in [0.5, 0.6) is 0 Å². The van der Waals surface area contributed by atoms with Gasteiger partial charge in [-0.25, -0.2) is 0 Å². The highest BCUT2D eigenvalue weighted by Crippen LogP contribution is 2.23. The van der Waals surface area contributed by atoms with E-state index in [9.17, 15) is 4.79 Å². The zero-order chi connectivity index (χ0) is 12.1. The monoisotopic (exact) mass is 226 g/mol. The lowest BCUT2D eigenvalue weighted by molar-refractivity contribution is -0.121. The second kappa shape index (κ2) is 5.25. The van der Waals surface area contributed by atoms with E-state index in [1.54, 1.807) is 19.4 Å². The first kappa shape index (κ1) is 11.3. The normalized spacial score (nSPS) is 11.8. The first-order valence-electron chi connectivity index (χ1n) is 5.49. The third kappa shape index (κ3) is 2.50. The standard InChI is InChI=1S/C14H14N2O/c1-15-14(17)13(11-6-3-2-4-7-11)12-8-5-9-16-10-12/h2-10,13H,1H3,(H,15,17). The Balaban J connectivity index is 2.43. The quantitative estimate of drug-likeness (QED) is 0.869. The van der Waals surface area contributed by atoms with E-state index in [1.165, 1.54) is 0 Å². The van der Waals surface area contributed by atoms with Gasteiger partial charge in [0.15, 0.2) is 0 Å². The van der Waals surface area contributed by atoms with Crippen molar-refractivity contribution in [3.63, 3.8) is 0 Å². The molecule has 0 fully saturated rings. The van der Waals surface area contributed by atoms with Gasteiger partial charge in [0, 0.05) is 19.4 Å². The number of aromatic nitrogens is 1. The van der Waals surface area contributed by atoms with Crippen molar-refractivity contribution in [2.24, 2.45) is 0 Å². The van der Waals surface area contributed by atoms with Gasteiger partial charge in [0.05, 0.1) is 5.92 Å². The van der Waals surface area contributed by atoms with E-state index in [2.05, 4.69) is 10.3 Å². The van der Waals surface area contributed by atoms with Gasteiger partial charge in [-0.15, -0.1) is 0 Å². The van der Waals surface area contributed by atoms with Crippen LogP contribution in [0.2, 0.25) is 0 Å². The first-order valence-corrected chi connectivity index (χ1v) is 5.49. The maximum atomic E-state index is 12.0. The fourth-order valence-electron chi connectivity index (χ4n) is 1.83. The maximum Gasteiger partial charge on any atom is 0.231 e. The van der Waals surface area contributed by atoms with Crippen molar-refractivity contribution in [1.82, 2.24) is 10.3 Å². The predicted octanol–water partition coefficient (Wildman–Crippen LogP) is 1.96. The summed E-state index contributed by atoms with van der Waals surface area (Å²) in [6.07, 6.45) is 3.43. The molecule has 0 spiro atoms. The molecule has 1 atom stereocenters. The lowest BCUT2D eigenvalue weighted by Crippen LogP contribution is -2.26. The molecule has 3 nitrogen and oxygen atoms in total. The molecule has 1 aromatic carbocycles. The number of nitrogens with one attached hydrogen (secondary N) is 1. The van der Waals surface area contributed by atoms with Crippen molar-refractivity contribution < 1.29 is 4.79 Å². The van der Waals surface area contributed by atoms with E-state index in [-0.39, 0.29) is 11.8 Å². The Morgan fingerprint density at radius 2 is 1.82 bits per heavy atom. The third-order valence-corrected chi connectivity index (χ3v) is 2.66. The highest BCUT2D eigenvalue weighted by atomic mass is 16.1. The fourth-order valence-corrected chi connectivity index (χ4v) is 1.83. The maximum absolute atomic E-state index is 12.0. The lowest BCUT2D eigenvalue weighted by atomic mass is 9.92. The van der Waals surface area contributed by atoms with E-state index in [0.717, 1.165) is 11.1 Å². The van der Waals surface area contributed by atoms with Gasteiger partial charge in [-0.05, 0) is 17.2 Å². The summed E-state index contributed by atoms with van der Waals surface area (Å²) in [4.78, 5) is 16.0. The number of hydrogen-bond acceptors (Lipinski definition) is 2.